The Morgan fingerprint density at radius 3 is 2.56 bits per heavy atom. The lowest BCUT2D eigenvalue weighted by Gasteiger charge is -2.07. The first-order chi connectivity index (χ1) is 7.56. The Morgan fingerprint density at radius 1 is 1.25 bits per heavy atom. The van der Waals surface area contributed by atoms with Crippen molar-refractivity contribution in [2.45, 2.75) is 19.8 Å². The van der Waals surface area contributed by atoms with Gasteiger partial charge < -0.3 is 0 Å². The van der Waals surface area contributed by atoms with Gasteiger partial charge in [-0.25, -0.2) is 14.6 Å². The van der Waals surface area contributed by atoms with Crippen molar-refractivity contribution in [3.63, 3.8) is 0 Å². The Hall–Kier alpha value is -0.750. The highest BCUT2D eigenvalue weighted by molar-refractivity contribution is 9.10. The zero-order valence-corrected chi connectivity index (χ0v) is 12.0. The summed E-state index contributed by atoms with van der Waals surface area (Å²) >= 11 is 6.74. The fourth-order valence-corrected chi connectivity index (χ4v) is 1.90. The van der Waals surface area contributed by atoms with Gasteiger partial charge in [0, 0.05) is 18.2 Å². The van der Waals surface area contributed by atoms with Gasteiger partial charge in [0.2, 0.25) is 0 Å². The molecule has 0 N–H and O–H groups in total. The molecule has 4 nitrogen and oxygen atoms in total. The normalized spacial score (nSPS) is 11.1. The topological polar surface area (TPSA) is 43.6 Å². The molecule has 2 aromatic rings. The van der Waals surface area contributed by atoms with Crippen LogP contribution in [0.5, 0.6) is 0 Å². The Balaban J connectivity index is 2.49. The second-order valence-electron chi connectivity index (χ2n) is 3.66. The van der Waals surface area contributed by atoms with Gasteiger partial charge >= 0.3 is 0 Å². The van der Waals surface area contributed by atoms with E-state index in [1.54, 1.807) is 10.9 Å². The summed E-state index contributed by atoms with van der Waals surface area (Å²) in [6.07, 6.45) is 3.59. The van der Waals surface area contributed by atoms with Crippen molar-refractivity contribution in [2.24, 2.45) is 0 Å². The van der Waals surface area contributed by atoms with Crippen LogP contribution < -0.4 is 0 Å². The zero-order valence-electron chi connectivity index (χ0n) is 8.85. The molecule has 0 saturated carbocycles. The lowest BCUT2D eigenvalue weighted by atomic mass is 10.2. The van der Waals surface area contributed by atoms with Crippen LogP contribution in [0.1, 0.15) is 25.6 Å². The maximum Gasteiger partial charge on any atom is 0.158 e. The molecule has 0 unspecified atom stereocenters. The molecular weight excluding hydrogens is 336 g/mol. The first-order valence-electron chi connectivity index (χ1n) is 4.81. The molecule has 0 atom stereocenters. The van der Waals surface area contributed by atoms with Crippen LogP contribution in [-0.2, 0) is 0 Å². The highest BCUT2D eigenvalue weighted by Crippen LogP contribution is 2.18. The molecule has 16 heavy (non-hydrogen) atoms. The van der Waals surface area contributed by atoms with E-state index in [1.807, 2.05) is 12.3 Å². The average molecular weight is 346 g/mol. The van der Waals surface area contributed by atoms with Crippen LogP contribution in [0.3, 0.4) is 0 Å². The van der Waals surface area contributed by atoms with E-state index in [0.29, 0.717) is 0 Å². The highest BCUT2D eigenvalue weighted by Gasteiger charge is 2.08. The van der Waals surface area contributed by atoms with Crippen LogP contribution in [0, 0.1) is 0 Å². The van der Waals surface area contributed by atoms with Crippen molar-refractivity contribution in [1.82, 2.24) is 19.7 Å². The molecule has 0 aliphatic heterocycles. The first-order valence-corrected chi connectivity index (χ1v) is 6.40. The maximum absolute atomic E-state index is 4.46. The van der Waals surface area contributed by atoms with E-state index in [1.165, 1.54) is 0 Å². The molecule has 0 amide bonds. The summed E-state index contributed by atoms with van der Waals surface area (Å²) in [6.45, 7) is 4.12. The Morgan fingerprint density at radius 2 is 2.00 bits per heavy atom. The van der Waals surface area contributed by atoms with E-state index in [9.17, 15) is 0 Å². The van der Waals surface area contributed by atoms with Crippen molar-refractivity contribution in [3.8, 4) is 5.82 Å². The van der Waals surface area contributed by atoms with E-state index in [0.717, 1.165) is 20.7 Å². The van der Waals surface area contributed by atoms with Gasteiger partial charge in [0.15, 0.2) is 5.82 Å². The minimum absolute atomic E-state index is 0.287. The number of hydrogen-bond donors (Lipinski definition) is 0. The van der Waals surface area contributed by atoms with Crippen LogP contribution in [-0.4, -0.2) is 19.7 Å². The summed E-state index contributed by atoms with van der Waals surface area (Å²) in [4.78, 5) is 8.77. The van der Waals surface area contributed by atoms with Gasteiger partial charge in [-0.1, -0.05) is 13.8 Å². The summed E-state index contributed by atoms with van der Waals surface area (Å²) in [5.41, 5.74) is 0. The maximum atomic E-state index is 4.46. The van der Waals surface area contributed by atoms with E-state index >= 15 is 0 Å². The van der Waals surface area contributed by atoms with Crippen molar-refractivity contribution < 1.29 is 0 Å². The number of halogens is 2. The fourth-order valence-electron chi connectivity index (χ4n) is 1.22. The van der Waals surface area contributed by atoms with Crippen LogP contribution in [0.15, 0.2) is 27.5 Å². The predicted octanol–water partition coefficient (Wildman–Crippen LogP) is 3.31. The molecule has 0 radical (unpaired) electrons. The molecule has 0 fully saturated rings. The van der Waals surface area contributed by atoms with Crippen molar-refractivity contribution in [1.29, 1.82) is 0 Å². The SMILES string of the molecule is CC(C)c1nc(Br)cc(-n2cc(Br)cn2)n1. The summed E-state index contributed by atoms with van der Waals surface area (Å²) < 4.78 is 3.41. The quantitative estimate of drug-likeness (QED) is 0.784. The number of nitrogens with zero attached hydrogens (tertiary/aromatic N) is 4. The Kier molecular flexibility index (Phi) is 3.39. The Bertz CT molecular complexity index is 507. The van der Waals surface area contributed by atoms with E-state index in [-0.39, 0.29) is 5.92 Å². The number of aromatic nitrogens is 4. The third-order valence-corrected chi connectivity index (χ3v) is 2.82. The molecular formula is C10H10Br2N4. The number of hydrogen-bond acceptors (Lipinski definition) is 3. The van der Waals surface area contributed by atoms with Gasteiger partial charge in [0.05, 0.1) is 10.7 Å². The zero-order chi connectivity index (χ0) is 11.7. The van der Waals surface area contributed by atoms with Crippen LogP contribution in [0.2, 0.25) is 0 Å². The summed E-state index contributed by atoms with van der Waals surface area (Å²) in [6, 6.07) is 1.84. The molecule has 0 bridgehead atoms. The molecule has 0 aromatic carbocycles. The van der Waals surface area contributed by atoms with Gasteiger partial charge in [0.25, 0.3) is 0 Å². The monoisotopic (exact) mass is 344 g/mol. The molecule has 0 spiro atoms. The van der Waals surface area contributed by atoms with Crippen molar-refractivity contribution >= 4 is 31.9 Å². The second kappa shape index (κ2) is 4.63. The fraction of sp³-hybridized carbons (Fsp3) is 0.300. The van der Waals surface area contributed by atoms with Gasteiger partial charge in [0.1, 0.15) is 10.4 Å². The standard InChI is InChI=1S/C10H10Br2N4/c1-6(2)10-14-8(12)3-9(15-10)16-5-7(11)4-13-16/h3-6H,1-2H3. The molecule has 2 rings (SSSR count). The first kappa shape index (κ1) is 11.7. The molecule has 0 aliphatic carbocycles. The van der Waals surface area contributed by atoms with Crippen molar-refractivity contribution in [3.05, 3.63) is 33.4 Å². The lowest BCUT2D eigenvalue weighted by molar-refractivity contribution is 0.740. The third-order valence-electron chi connectivity index (χ3n) is 2.00. The largest absolute Gasteiger partial charge is 0.226 e. The second-order valence-corrected chi connectivity index (χ2v) is 5.39. The molecule has 2 heterocycles. The van der Waals surface area contributed by atoms with Gasteiger partial charge in [-0.15, -0.1) is 0 Å². The summed E-state index contributed by atoms with van der Waals surface area (Å²) in [5.74, 6) is 1.85. The van der Waals surface area contributed by atoms with E-state index < -0.39 is 0 Å². The molecule has 6 heteroatoms. The van der Waals surface area contributed by atoms with Gasteiger partial charge in [-0.2, -0.15) is 5.10 Å². The molecule has 0 aliphatic rings. The molecule has 2 aromatic heterocycles. The van der Waals surface area contributed by atoms with Crippen LogP contribution in [0.4, 0.5) is 0 Å². The predicted molar refractivity (Wildman–Crippen MR) is 68.6 cm³/mol. The minimum atomic E-state index is 0.287. The number of rotatable bonds is 2. The minimum Gasteiger partial charge on any atom is -0.226 e. The van der Waals surface area contributed by atoms with Gasteiger partial charge in [-0.05, 0) is 31.9 Å². The third kappa shape index (κ3) is 2.49. The van der Waals surface area contributed by atoms with E-state index in [2.05, 4.69) is 60.8 Å². The smallest absolute Gasteiger partial charge is 0.158 e. The Labute approximate surface area is 110 Å². The molecule has 84 valence electrons. The lowest BCUT2D eigenvalue weighted by Crippen LogP contribution is -2.04. The van der Waals surface area contributed by atoms with Crippen LogP contribution in [0.25, 0.3) is 5.82 Å². The summed E-state index contributed by atoms with van der Waals surface area (Å²) in [7, 11) is 0. The molecule has 0 saturated heterocycles. The average Bonchev–Trinajstić information content (AvgIpc) is 2.64. The van der Waals surface area contributed by atoms with Crippen LogP contribution >= 0.6 is 31.9 Å². The van der Waals surface area contributed by atoms with E-state index in [4.69, 9.17) is 0 Å². The van der Waals surface area contributed by atoms with Crippen molar-refractivity contribution in [2.75, 3.05) is 0 Å². The highest BCUT2D eigenvalue weighted by atomic mass is 79.9. The summed E-state index contributed by atoms with van der Waals surface area (Å²) in [5, 5.41) is 4.19. The van der Waals surface area contributed by atoms with Gasteiger partial charge in [-0.3, -0.25) is 0 Å².